The van der Waals surface area contributed by atoms with Gasteiger partial charge in [-0.1, -0.05) is 48.6 Å². The number of hydrogen-bond donors (Lipinski definition) is 1. The van der Waals surface area contributed by atoms with Gasteiger partial charge in [0, 0.05) is 31.5 Å². The summed E-state index contributed by atoms with van der Waals surface area (Å²) in [4.78, 5) is 26.3. The number of ether oxygens (including phenoxy) is 1. The molecule has 1 N–H and O–H groups in total. The molecule has 0 bridgehead atoms. The fourth-order valence-electron chi connectivity index (χ4n) is 2.77. The Morgan fingerprint density at radius 3 is 2.34 bits per heavy atom. The van der Waals surface area contributed by atoms with Gasteiger partial charge in [-0.05, 0) is 43.2 Å². The molecule has 152 valence electrons. The second-order valence-electron chi connectivity index (χ2n) is 6.67. The molecule has 0 aliphatic rings. The van der Waals surface area contributed by atoms with Crippen LogP contribution in [0.2, 0.25) is 0 Å². The standard InChI is InChI=1S/C24H28N2O3/c1-4-29-23(27)14-10-6-9-13-22(19-15-17-21(18-16-19)26(2)3)24(28)25-20-11-7-5-8-12-20/h5-12,14-18,22H,4,13H2,1-3H3,(H,25,28)/t22-/m0/s1. The van der Waals surface area contributed by atoms with E-state index in [-0.39, 0.29) is 17.8 Å². The van der Waals surface area contributed by atoms with E-state index in [4.69, 9.17) is 4.74 Å². The van der Waals surface area contributed by atoms with Crippen molar-refractivity contribution in [2.75, 3.05) is 30.9 Å². The first-order chi connectivity index (χ1) is 14.0. The van der Waals surface area contributed by atoms with Crippen molar-refractivity contribution in [3.05, 3.63) is 84.5 Å². The Bertz CT molecular complexity index is 840. The zero-order valence-corrected chi connectivity index (χ0v) is 17.2. The van der Waals surface area contributed by atoms with Gasteiger partial charge in [0.15, 0.2) is 0 Å². The minimum atomic E-state index is -0.380. The maximum Gasteiger partial charge on any atom is 0.330 e. The van der Waals surface area contributed by atoms with Gasteiger partial charge in [-0.3, -0.25) is 4.79 Å². The van der Waals surface area contributed by atoms with Crippen molar-refractivity contribution in [3.8, 4) is 0 Å². The zero-order chi connectivity index (χ0) is 21.1. The van der Waals surface area contributed by atoms with E-state index in [2.05, 4.69) is 5.32 Å². The number of para-hydroxylation sites is 1. The molecule has 5 heteroatoms. The van der Waals surface area contributed by atoms with Gasteiger partial charge in [-0.15, -0.1) is 0 Å². The summed E-state index contributed by atoms with van der Waals surface area (Å²) in [6.45, 7) is 2.11. The molecule has 1 amide bonds. The lowest BCUT2D eigenvalue weighted by Crippen LogP contribution is -2.21. The minimum absolute atomic E-state index is 0.0761. The number of rotatable bonds is 9. The average molecular weight is 392 g/mol. The fourth-order valence-corrected chi connectivity index (χ4v) is 2.77. The molecule has 0 aliphatic heterocycles. The van der Waals surface area contributed by atoms with E-state index in [0.29, 0.717) is 13.0 Å². The van der Waals surface area contributed by atoms with Gasteiger partial charge in [-0.25, -0.2) is 4.79 Å². The van der Waals surface area contributed by atoms with Crippen LogP contribution in [0, 0.1) is 0 Å². The average Bonchev–Trinajstić information content (AvgIpc) is 2.71. The monoisotopic (exact) mass is 392 g/mol. The van der Waals surface area contributed by atoms with Crippen molar-refractivity contribution in [3.63, 3.8) is 0 Å². The molecule has 0 radical (unpaired) electrons. The number of hydrogen-bond acceptors (Lipinski definition) is 4. The van der Waals surface area contributed by atoms with Crippen LogP contribution in [-0.4, -0.2) is 32.6 Å². The van der Waals surface area contributed by atoms with Gasteiger partial charge in [0.2, 0.25) is 5.91 Å². The van der Waals surface area contributed by atoms with E-state index in [0.717, 1.165) is 16.9 Å². The van der Waals surface area contributed by atoms with E-state index in [9.17, 15) is 9.59 Å². The molecule has 0 heterocycles. The summed E-state index contributed by atoms with van der Waals surface area (Å²) in [7, 11) is 3.96. The Morgan fingerprint density at radius 1 is 1.03 bits per heavy atom. The van der Waals surface area contributed by atoms with E-state index in [1.807, 2.05) is 79.7 Å². The lowest BCUT2D eigenvalue weighted by atomic mass is 9.94. The number of amides is 1. The number of carbonyl (C=O) groups is 2. The number of esters is 1. The molecule has 0 saturated carbocycles. The molecule has 1 atom stereocenters. The number of anilines is 2. The zero-order valence-electron chi connectivity index (χ0n) is 17.2. The Kier molecular flexibility index (Phi) is 8.70. The molecular weight excluding hydrogens is 364 g/mol. The Labute approximate surface area is 172 Å². The van der Waals surface area contributed by atoms with E-state index in [1.165, 1.54) is 6.08 Å². The van der Waals surface area contributed by atoms with Crippen LogP contribution in [0.25, 0.3) is 0 Å². The van der Waals surface area contributed by atoms with E-state index < -0.39 is 0 Å². The molecule has 29 heavy (non-hydrogen) atoms. The molecule has 2 aromatic carbocycles. The normalized spacial score (nSPS) is 12.1. The number of nitrogens with zero attached hydrogens (tertiary/aromatic N) is 1. The van der Waals surface area contributed by atoms with Gasteiger partial charge in [0.1, 0.15) is 0 Å². The molecule has 0 unspecified atom stereocenters. The van der Waals surface area contributed by atoms with Crippen molar-refractivity contribution >= 4 is 23.3 Å². The van der Waals surface area contributed by atoms with Crippen molar-refractivity contribution < 1.29 is 14.3 Å². The molecule has 0 aliphatic carbocycles. The van der Waals surface area contributed by atoms with Crippen LogP contribution in [0.4, 0.5) is 11.4 Å². The van der Waals surface area contributed by atoms with Crippen molar-refractivity contribution in [1.82, 2.24) is 0 Å². The number of benzene rings is 2. The summed E-state index contributed by atoms with van der Waals surface area (Å²) >= 11 is 0. The predicted molar refractivity (Wildman–Crippen MR) is 118 cm³/mol. The molecule has 2 aromatic rings. The topological polar surface area (TPSA) is 58.6 Å². The molecule has 0 aromatic heterocycles. The summed E-state index contributed by atoms with van der Waals surface area (Å²) in [6, 6.07) is 17.4. The van der Waals surface area contributed by atoms with Gasteiger partial charge >= 0.3 is 5.97 Å². The van der Waals surface area contributed by atoms with Gasteiger partial charge in [0.05, 0.1) is 12.5 Å². The molecule has 5 nitrogen and oxygen atoms in total. The summed E-state index contributed by atoms with van der Waals surface area (Å²) in [5.74, 6) is -0.804. The van der Waals surface area contributed by atoms with Crippen LogP contribution >= 0.6 is 0 Å². The Morgan fingerprint density at radius 2 is 1.72 bits per heavy atom. The maximum absolute atomic E-state index is 12.9. The maximum atomic E-state index is 12.9. The van der Waals surface area contributed by atoms with Gasteiger partial charge in [0.25, 0.3) is 0 Å². The Balaban J connectivity index is 2.14. The third kappa shape index (κ3) is 7.30. The van der Waals surface area contributed by atoms with Crippen LogP contribution in [0.3, 0.4) is 0 Å². The largest absolute Gasteiger partial charge is 0.463 e. The highest BCUT2D eigenvalue weighted by molar-refractivity contribution is 5.96. The molecule has 0 saturated heterocycles. The van der Waals surface area contributed by atoms with Crippen LogP contribution in [0.15, 0.2) is 78.9 Å². The fraction of sp³-hybridized carbons (Fsp3) is 0.250. The van der Waals surface area contributed by atoms with Crippen LogP contribution < -0.4 is 10.2 Å². The molecule has 0 spiro atoms. The number of carbonyl (C=O) groups excluding carboxylic acids is 2. The second kappa shape index (κ2) is 11.5. The quantitative estimate of drug-likeness (QED) is 0.387. The van der Waals surface area contributed by atoms with E-state index in [1.54, 1.807) is 19.1 Å². The first-order valence-electron chi connectivity index (χ1n) is 9.64. The summed E-state index contributed by atoms with van der Waals surface area (Å²) in [5.41, 5.74) is 2.77. The summed E-state index contributed by atoms with van der Waals surface area (Å²) in [5, 5.41) is 2.98. The van der Waals surface area contributed by atoms with Crippen LogP contribution in [0.1, 0.15) is 24.8 Å². The highest BCUT2D eigenvalue weighted by Gasteiger charge is 2.19. The first kappa shape index (κ1) is 22.0. The van der Waals surface area contributed by atoms with E-state index >= 15 is 0 Å². The second-order valence-corrected chi connectivity index (χ2v) is 6.67. The first-order valence-corrected chi connectivity index (χ1v) is 9.64. The molecule has 0 fully saturated rings. The van der Waals surface area contributed by atoms with Gasteiger partial charge in [-0.2, -0.15) is 0 Å². The number of allylic oxidation sites excluding steroid dienone is 3. The third-order valence-electron chi connectivity index (χ3n) is 4.31. The molecular formula is C24H28N2O3. The number of nitrogens with one attached hydrogen (secondary N) is 1. The third-order valence-corrected chi connectivity index (χ3v) is 4.31. The predicted octanol–water partition coefficient (Wildman–Crippen LogP) is 4.54. The smallest absolute Gasteiger partial charge is 0.330 e. The summed E-state index contributed by atoms with van der Waals surface area (Å²) < 4.78 is 4.85. The Hall–Kier alpha value is -3.34. The summed E-state index contributed by atoms with van der Waals surface area (Å²) in [6.07, 6.45) is 7.14. The van der Waals surface area contributed by atoms with Crippen molar-refractivity contribution in [2.45, 2.75) is 19.3 Å². The lowest BCUT2D eigenvalue weighted by Gasteiger charge is -2.18. The lowest BCUT2D eigenvalue weighted by molar-refractivity contribution is -0.137. The van der Waals surface area contributed by atoms with Crippen molar-refractivity contribution in [2.24, 2.45) is 0 Å². The van der Waals surface area contributed by atoms with Crippen LogP contribution in [-0.2, 0) is 14.3 Å². The highest BCUT2D eigenvalue weighted by Crippen LogP contribution is 2.25. The highest BCUT2D eigenvalue weighted by atomic mass is 16.5. The van der Waals surface area contributed by atoms with Crippen LogP contribution in [0.5, 0.6) is 0 Å². The minimum Gasteiger partial charge on any atom is -0.463 e. The van der Waals surface area contributed by atoms with Crippen molar-refractivity contribution in [1.29, 1.82) is 0 Å². The SMILES string of the molecule is CCOC(=O)C=CC=CC[C@H](C(=O)Nc1ccccc1)c1ccc(N(C)C)cc1. The van der Waals surface area contributed by atoms with Gasteiger partial charge < -0.3 is 15.0 Å². The molecule has 2 rings (SSSR count).